The van der Waals surface area contributed by atoms with Crippen molar-refractivity contribution >= 4 is 26.0 Å². The summed E-state index contributed by atoms with van der Waals surface area (Å²) in [5.41, 5.74) is -0.478. The number of nitrogens with one attached hydrogen (secondary N) is 2. The van der Waals surface area contributed by atoms with Crippen LogP contribution in [-0.2, 0) is 21.2 Å². The third-order valence-corrected chi connectivity index (χ3v) is 5.85. The zero-order chi connectivity index (χ0) is 13.9. The van der Waals surface area contributed by atoms with Gasteiger partial charge in [-0.15, -0.1) is 0 Å². The van der Waals surface area contributed by atoms with E-state index >= 15 is 0 Å². The number of hydrogen-bond acceptors (Lipinski definition) is 4. The molecule has 6 nitrogen and oxygen atoms in total. The zero-order valence-corrected chi connectivity index (χ0v) is 13.2. The van der Waals surface area contributed by atoms with E-state index in [4.69, 9.17) is 4.74 Å². The number of ether oxygens (including phenoxy) is 1. The van der Waals surface area contributed by atoms with Gasteiger partial charge in [0, 0.05) is 30.5 Å². The molecule has 0 aliphatic carbocycles. The van der Waals surface area contributed by atoms with Gasteiger partial charge < -0.3 is 9.72 Å². The molecule has 1 aliphatic rings. The molecule has 1 aromatic rings. The van der Waals surface area contributed by atoms with Crippen LogP contribution in [0.15, 0.2) is 11.2 Å². The summed E-state index contributed by atoms with van der Waals surface area (Å²) in [6.07, 6.45) is 3.36. The molecule has 108 valence electrons. The van der Waals surface area contributed by atoms with Gasteiger partial charge in [0.05, 0.1) is 6.20 Å². The van der Waals surface area contributed by atoms with E-state index in [2.05, 4.69) is 30.6 Å². The van der Waals surface area contributed by atoms with Gasteiger partial charge in [0.25, 0.3) is 10.0 Å². The van der Waals surface area contributed by atoms with Crippen LogP contribution in [0.3, 0.4) is 0 Å². The third-order valence-electron chi connectivity index (χ3n) is 3.29. The maximum Gasteiger partial charge on any atom is 0.258 e. The minimum absolute atomic E-state index is 0.121. The van der Waals surface area contributed by atoms with Gasteiger partial charge in [0.1, 0.15) is 5.82 Å². The van der Waals surface area contributed by atoms with Gasteiger partial charge in [-0.2, -0.15) is 0 Å². The second-order valence-corrected chi connectivity index (χ2v) is 6.89. The molecule has 1 saturated heterocycles. The van der Waals surface area contributed by atoms with Gasteiger partial charge in [0.15, 0.2) is 5.03 Å². The first kappa shape index (κ1) is 15.0. The van der Waals surface area contributed by atoms with E-state index in [0.29, 0.717) is 43.6 Å². The molecule has 0 unspecified atom stereocenters. The predicted molar refractivity (Wildman–Crippen MR) is 74.9 cm³/mol. The van der Waals surface area contributed by atoms with Crippen LogP contribution >= 0.6 is 15.9 Å². The second-order valence-electron chi connectivity index (χ2n) is 4.68. The number of halogens is 1. The summed E-state index contributed by atoms with van der Waals surface area (Å²) in [5, 5.41) is 0.688. The molecule has 1 fully saturated rings. The smallest absolute Gasteiger partial charge is 0.258 e. The molecular weight excluding hydrogens is 334 g/mol. The van der Waals surface area contributed by atoms with Crippen molar-refractivity contribution < 1.29 is 13.2 Å². The van der Waals surface area contributed by atoms with E-state index in [9.17, 15) is 8.42 Å². The van der Waals surface area contributed by atoms with Gasteiger partial charge in [-0.1, -0.05) is 22.9 Å². The monoisotopic (exact) mass is 351 g/mol. The molecule has 8 heteroatoms. The first-order valence-electron chi connectivity index (χ1n) is 6.23. The van der Waals surface area contributed by atoms with E-state index in [-0.39, 0.29) is 5.03 Å². The molecule has 0 spiro atoms. The van der Waals surface area contributed by atoms with Gasteiger partial charge in [-0.25, -0.2) is 18.1 Å². The van der Waals surface area contributed by atoms with Crippen molar-refractivity contribution in [1.82, 2.24) is 14.7 Å². The number of nitrogens with zero attached hydrogens (tertiary/aromatic N) is 1. The van der Waals surface area contributed by atoms with Gasteiger partial charge >= 0.3 is 0 Å². The van der Waals surface area contributed by atoms with Crippen molar-refractivity contribution in [3.63, 3.8) is 0 Å². The van der Waals surface area contributed by atoms with Gasteiger partial charge in [0.2, 0.25) is 0 Å². The molecule has 2 rings (SSSR count). The Balaban J connectivity index is 2.19. The van der Waals surface area contributed by atoms with Crippen LogP contribution in [0.5, 0.6) is 0 Å². The topological polar surface area (TPSA) is 84.1 Å². The van der Waals surface area contributed by atoms with Gasteiger partial charge in [-0.3, -0.25) is 0 Å². The predicted octanol–water partition coefficient (Wildman–Crippen LogP) is 1.19. The van der Waals surface area contributed by atoms with Crippen LogP contribution in [0.25, 0.3) is 0 Å². The average molecular weight is 352 g/mol. The maximum atomic E-state index is 12.3. The maximum absolute atomic E-state index is 12.3. The minimum Gasteiger partial charge on any atom is -0.381 e. The van der Waals surface area contributed by atoms with Gasteiger partial charge in [-0.05, 0) is 12.8 Å². The van der Waals surface area contributed by atoms with E-state index in [1.54, 1.807) is 0 Å². The first-order valence-corrected chi connectivity index (χ1v) is 8.83. The molecule has 1 aromatic heterocycles. The number of aromatic amines is 1. The lowest BCUT2D eigenvalue weighted by Gasteiger charge is -2.35. The molecule has 0 radical (unpaired) electrons. The van der Waals surface area contributed by atoms with Crippen LogP contribution < -0.4 is 4.72 Å². The summed E-state index contributed by atoms with van der Waals surface area (Å²) in [6.45, 7) is 3.05. The third kappa shape index (κ3) is 3.36. The number of rotatable bonds is 5. The Morgan fingerprint density at radius 1 is 1.53 bits per heavy atom. The molecule has 0 bridgehead atoms. The van der Waals surface area contributed by atoms with Crippen molar-refractivity contribution in [3.05, 3.63) is 12.0 Å². The van der Waals surface area contributed by atoms with E-state index in [1.165, 1.54) is 6.20 Å². The lowest BCUT2D eigenvalue weighted by Crippen LogP contribution is -2.53. The van der Waals surface area contributed by atoms with Crippen molar-refractivity contribution in [2.24, 2.45) is 0 Å². The number of hydrogen-bond donors (Lipinski definition) is 2. The summed E-state index contributed by atoms with van der Waals surface area (Å²) >= 11 is 3.40. The Kier molecular flexibility index (Phi) is 4.65. The largest absolute Gasteiger partial charge is 0.381 e. The van der Waals surface area contributed by atoms with Crippen molar-refractivity contribution in [1.29, 1.82) is 0 Å². The number of sulfonamides is 1. The Labute approximate surface area is 121 Å². The molecule has 19 heavy (non-hydrogen) atoms. The molecule has 2 heterocycles. The average Bonchev–Trinajstić information content (AvgIpc) is 2.89. The molecule has 0 aromatic carbocycles. The molecule has 2 N–H and O–H groups in total. The fourth-order valence-corrected chi connectivity index (χ4v) is 4.31. The molecular formula is C11H18BrN3O3S. The quantitative estimate of drug-likeness (QED) is 0.780. The summed E-state index contributed by atoms with van der Waals surface area (Å²) in [7, 11) is -3.57. The Hall–Kier alpha value is -0.440. The molecule has 0 atom stereocenters. The number of alkyl halides is 1. The lowest BCUT2D eigenvalue weighted by molar-refractivity contribution is 0.0557. The highest BCUT2D eigenvalue weighted by Gasteiger charge is 2.36. The summed E-state index contributed by atoms with van der Waals surface area (Å²) in [4.78, 5) is 6.86. The highest BCUT2D eigenvalue weighted by Crippen LogP contribution is 2.25. The first-order chi connectivity index (χ1) is 9.01. The number of imidazole rings is 1. The van der Waals surface area contributed by atoms with Crippen molar-refractivity contribution in [3.8, 4) is 0 Å². The van der Waals surface area contributed by atoms with Crippen molar-refractivity contribution in [2.45, 2.75) is 36.8 Å². The summed E-state index contributed by atoms with van der Waals surface area (Å²) < 4.78 is 32.8. The highest BCUT2D eigenvalue weighted by molar-refractivity contribution is 9.09. The van der Waals surface area contributed by atoms with Crippen LogP contribution in [-0.4, -0.2) is 42.5 Å². The van der Waals surface area contributed by atoms with Crippen LogP contribution in [0.4, 0.5) is 0 Å². The molecule has 0 amide bonds. The van der Waals surface area contributed by atoms with E-state index in [0.717, 1.165) is 0 Å². The van der Waals surface area contributed by atoms with E-state index < -0.39 is 15.6 Å². The summed E-state index contributed by atoms with van der Waals surface area (Å²) in [6, 6.07) is 0. The molecule has 0 saturated carbocycles. The zero-order valence-electron chi connectivity index (χ0n) is 10.8. The van der Waals surface area contributed by atoms with Crippen LogP contribution in [0, 0.1) is 0 Å². The summed E-state index contributed by atoms with van der Waals surface area (Å²) in [5.74, 6) is 0.667. The lowest BCUT2D eigenvalue weighted by atomic mass is 9.94. The SMILES string of the molecule is CCc1ncc(S(=O)(=O)NC2(CBr)CCOCC2)[nH]1. The van der Waals surface area contributed by atoms with Crippen LogP contribution in [0.1, 0.15) is 25.6 Å². The minimum atomic E-state index is -3.57. The number of aryl methyl sites for hydroxylation is 1. The fraction of sp³-hybridized carbons (Fsp3) is 0.727. The Morgan fingerprint density at radius 3 is 2.74 bits per heavy atom. The van der Waals surface area contributed by atoms with Crippen molar-refractivity contribution in [2.75, 3.05) is 18.5 Å². The Morgan fingerprint density at radius 2 is 2.21 bits per heavy atom. The normalized spacial score (nSPS) is 19.5. The number of H-pyrrole nitrogens is 1. The van der Waals surface area contributed by atoms with Crippen LogP contribution in [0.2, 0.25) is 0 Å². The second kappa shape index (κ2) is 5.90. The fourth-order valence-electron chi connectivity index (χ4n) is 2.02. The standard InChI is InChI=1S/C11H18BrN3O3S/c1-2-9-13-7-10(14-9)19(16,17)15-11(8-12)3-5-18-6-4-11/h7,15H,2-6,8H2,1H3,(H,13,14). The Bertz CT molecular complexity index is 523. The number of aromatic nitrogens is 2. The molecule has 1 aliphatic heterocycles. The highest BCUT2D eigenvalue weighted by atomic mass is 79.9. The van der Waals surface area contributed by atoms with E-state index in [1.807, 2.05) is 6.92 Å².